The highest BCUT2D eigenvalue weighted by atomic mass is 79.9. The van der Waals surface area contributed by atoms with Crippen molar-refractivity contribution in [2.75, 3.05) is 13.1 Å². The van der Waals surface area contributed by atoms with Crippen LogP contribution in [0, 0.1) is 0 Å². The van der Waals surface area contributed by atoms with Crippen molar-refractivity contribution in [3.8, 4) is 0 Å². The molecule has 1 aliphatic carbocycles. The molecule has 0 radical (unpaired) electrons. The van der Waals surface area contributed by atoms with Gasteiger partial charge in [0, 0.05) is 16.8 Å². The Hall–Kier alpha value is -0.640. The summed E-state index contributed by atoms with van der Waals surface area (Å²) in [7, 11) is 0. The highest BCUT2D eigenvalue weighted by Crippen LogP contribution is 2.41. The fourth-order valence-electron chi connectivity index (χ4n) is 3.58. The molecule has 1 nitrogen and oxygen atoms in total. The van der Waals surface area contributed by atoms with Gasteiger partial charge in [-0.05, 0) is 71.4 Å². The lowest BCUT2D eigenvalue weighted by Gasteiger charge is -2.39. The number of nitrogens with one attached hydrogen (secondary N) is 1. The van der Waals surface area contributed by atoms with Crippen LogP contribution in [0.25, 0.3) is 0 Å². The summed E-state index contributed by atoms with van der Waals surface area (Å²) in [6.45, 7) is 4.32. The monoisotopic (exact) mass is 363 g/mol. The van der Waals surface area contributed by atoms with Crippen molar-refractivity contribution in [2.45, 2.75) is 38.0 Å². The van der Waals surface area contributed by atoms with Gasteiger partial charge in [0.15, 0.2) is 0 Å². The topological polar surface area (TPSA) is 12.0 Å². The Balaban J connectivity index is 1.97. The maximum absolute atomic E-state index is 3.62. The van der Waals surface area contributed by atoms with E-state index in [0.29, 0.717) is 0 Å². The number of aryl methyl sites for hydroxylation is 1. The van der Waals surface area contributed by atoms with Crippen molar-refractivity contribution in [3.05, 3.63) is 56.2 Å². The van der Waals surface area contributed by atoms with Gasteiger partial charge in [0.1, 0.15) is 0 Å². The number of thiophene rings is 1. The Morgan fingerprint density at radius 2 is 2.10 bits per heavy atom. The second-order valence-electron chi connectivity index (χ2n) is 5.95. The van der Waals surface area contributed by atoms with Gasteiger partial charge < -0.3 is 5.32 Å². The van der Waals surface area contributed by atoms with Crippen molar-refractivity contribution in [2.24, 2.45) is 0 Å². The maximum Gasteiger partial charge on any atom is 0.0701 e. The lowest BCUT2D eigenvalue weighted by Crippen LogP contribution is -2.42. The minimum Gasteiger partial charge on any atom is -0.316 e. The molecule has 0 saturated carbocycles. The molecule has 2 aromatic rings. The first-order valence-electron chi connectivity index (χ1n) is 7.77. The van der Waals surface area contributed by atoms with Gasteiger partial charge in [-0.15, -0.1) is 11.3 Å². The number of halogens is 1. The molecule has 112 valence electrons. The van der Waals surface area contributed by atoms with Crippen LogP contribution in [0.2, 0.25) is 0 Å². The van der Waals surface area contributed by atoms with Crippen LogP contribution < -0.4 is 5.32 Å². The third kappa shape index (κ3) is 3.25. The molecular formula is C18H22BrNS. The molecule has 0 saturated heterocycles. The zero-order chi connectivity index (χ0) is 14.7. The summed E-state index contributed by atoms with van der Waals surface area (Å²) >= 11 is 5.48. The number of hydrogen-bond acceptors (Lipinski definition) is 2. The van der Waals surface area contributed by atoms with Crippen molar-refractivity contribution >= 4 is 27.3 Å². The average molecular weight is 364 g/mol. The Labute approximate surface area is 139 Å². The summed E-state index contributed by atoms with van der Waals surface area (Å²) in [5.74, 6) is 0. The minimum atomic E-state index is 0.259. The third-order valence-electron chi connectivity index (χ3n) is 4.55. The Bertz CT molecular complexity index is 607. The van der Waals surface area contributed by atoms with Crippen LogP contribution in [-0.2, 0) is 18.3 Å². The van der Waals surface area contributed by atoms with Crippen LogP contribution in [0.1, 0.15) is 35.8 Å². The van der Waals surface area contributed by atoms with E-state index in [1.165, 1.54) is 27.9 Å². The van der Waals surface area contributed by atoms with Crippen molar-refractivity contribution in [3.63, 3.8) is 0 Å². The molecule has 3 heteroatoms. The molecule has 1 aromatic heterocycles. The van der Waals surface area contributed by atoms with Crippen LogP contribution in [0.4, 0.5) is 0 Å². The fraction of sp³-hybridized carbons (Fsp3) is 0.444. The molecule has 1 heterocycles. The molecule has 1 N–H and O–H groups in total. The van der Waals surface area contributed by atoms with E-state index in [9.17, 15) is 0 Å². The van der Waals surface area contributed by atoms with Gasteiger partial charge in [0.2, 0.25) is 0 Å². The highest BCUT2D eigenvalue weighted by Gasteiger charge is 2.36. The average Bonchev–Trinajstić information content (AvgIpc) is 2.91. The number of rotatable bonds is 5. The summed E-state index contributed by atoms with van der Waals surface area (Å²) in [6, 6.07) is 13.5. The molecular weight excluding hydrogens is 342 g/mol. The van der Waals surface area contributed by atoms with E-state index in [1.807, 2.05) is 11.3 Å². The minimum absolute atomic E-state index is 0.259. The number of likely N-dealkylation sites (N-methyl/N-ethyl adjacent to an activating group) is 1. The second kappa shape index (κ2) is 6.64. The predicted molar refractivity (Wildman–Crippen MR) is 95.3 cm³/mol. The molecule has 1 atom stereocenters. The smallest absolute Gasteiger partial charge is 0.0701 e. The summed E-state index contributed by atoms with van der Waals surface area (Å²) in [5.41, 5.74) is 3.38. The van der Waals surface area contributed by atoms with Crippen LogP contribution in [0.15, 0.2) is 40.2 Å². The molecule has 21 heavy (non-hydrogen) atoms. The Morgan fingerprint density at radius 3 is 2.86 bits per heavy atom. The highest BCUT2D eigenvalue weighted by molar-refractivity contribution is 9.11. The molecule has 0 spiro atoms. The van der Waals surface area contributed by atoms with E-state index in [-0.39, 0.29) is 5.41 Å². The molecule has 0 aliphatic heterocycles. The van der Waals surface area contributed by atoms with E-state index >= 15 is 0 Å². The normalized spacial score (nSPS) is 21.2. The summed E-state index contributed by atoms with van der Waals surface area (Å²) < 4.78 is 1.24. The van der Waals surface area contributed by atoms with Crippen molar-refractivity contribution < 1.29 is 0 Å². The van der Waals surface area contributed by atoms with Gasteiger partial charge in [-0.25, -0.2) is 0 Å². The SMILES string of the molecule is CCNCC1(Cc2ccc(Br)s2)CCCc2ccccc21. The van der Waals surface area contributed by atoms with E-state index in [4.69, 9.17) is 0 Å². The summed E-state index contributed by atoms with van der Waals surface area (Å²) in [4.78, 5) is 1.48. The van der Waals surface area contributed by atoms with Gasteiger partial charge in [0.25, 0.3) is 0 Å². The number of benzene rings is 1. The standard InChI is InChI=1S/C18H22BrNS/c1-2-20-13-18(12-15-9-10-17(19)21-15)11-5-7-14-6-3-4-8-16(14)18/h3-4,6,8-10,20H,2,5,7,11-13H2,1H3. The second-order valence-corrected chi connectivity index (χ2v) is 8.50. The summed E-state index contributed by atoms with van der Waals surface area (Å²) in [6.07, 6.45) is 4.97. The molecule has 0 fully saturated rings. The van der Waals surface area contributed by atoms with Gasteiger partial charge in [-0.2, -0.15) is 0 Å². The first-order valence-corrected chi connectivity index (χ1v) is 9.38. The van der Waals surface area contributed by atoms with Gasteiger partial charge in [0.05, 0.1) is 3.79 Å². The van der Waals surface area contributed by atoms with Crippen LogP contribution in [0.5, 0.6) is 0 Å². The van der Waals surface area contributed by atoms with Crippen LogP contribution in [0.3, 0.4) is 0 Å². The van der Waals surface area contributed by atoms with E-state index in [1.54, 1.807) is 11.1 Å². The zero-order valence-electron chi connectivity index (χ0n) is 12.5. The largest absolute Gasteiger partial charge is 0.316 e. The van der Waals surface area contributed by atoms with Crippen LogP contribution >= 0.6 is 27.3 Å². The van der Waals surface area contributed by atoms with Gasteiger partial charge >= 0.3 is 0 Å². The maximum atomic E-state index is 3.62. The summed E-state index contributed by atoms with van der Waals surface area (Å²) in [5, 5.41) is 3.62. The van der Waals surface area contributed by atoms with Crippen LogP contribution in [-0.4, -0.2) is 13.1 Å². The third-order valence-corrected chi connectivity index (χ3v) is 6.17. The zero-order valence-corrected chi connectivity index (χ0v) is 14.9. The lowest BCUT2D eigenvalue weighted by atomic mass is 9.67. The van der Waals surface area contributed by atoms with E-state index < -0.39 is 0 Å². The molecule has 1 aromatic carbocycles. The number of hydrogen-bond donors (Lipinski definition) is 1. The Morgan fingerprint density at radius 1 is 1.24 bits per heavy atom. The molecule has 0 bridgehead atoms. The van der Waals surface area contributed by atoms with Gasteiger partial charge in [-0.1, -0.05) is 31.2 Å². The number of fused-ring (bicyclic) bond motifs is 1. The van der Waals surface area contributed by atoms with Gasteiger partial charge in [-0.3, -0.25) is 0 Å². The molecule has 1 aliphatic rings. The van der Waals surface area contributed by atoms with E-state index in [2.05, 4.69) is 64.6 Å². The predicted octanol–water partition coefficient (Wildman–Crippen LogP) is 4.94. The molecule has 1 unspecified atom stereocenters. The Kier molecular flexibility index (Phi) is 4.82. The quantitative estimate of drug-likeness (QED) is 0.793. The molecule has 3 rings (SSSR count). The van der Waals surface area contributed by atoms with E-state index in [0.717, 1.165) is 19.5 Å². The lowest BCUT2D eigenvalue weighted by molar-refractivity contribution is 0.340. The van der Waals surface area contributed by atoms with Crippen molar-refractivity contribution in [1.82, 2.24) is 5.32 Å². The first kappa shape index (κ1) is 15.3. The first-order chi connectivity index (χ1) is 10.2. The fourth-order valence-corrected chi connectivity index (χ4v) is 5.21. The molecule has 0 amide bonds. The van der Waals surface area contributed by atoms with Crippen molar-refractivity contribution in [1.29, 1.82) is 0 Å².